The zero-order valence-electron chi connectivity index (χ0n) is 10.9. The molecule has 19 heavy (non-hydrogen) atoms. The number of aromatic nitrogens is 1. The molecular formula is C14H15N3O2. The highest BCUT2D eigenvalue weighted by Crippen LogP contribution is 2.27. The number of nitriles is 1. The summed E-state index contributed by atoms with van der Waals surface area (Å²) in [5.41, 5.74) is 2.20. The minimum Gasteiger partial charge on any atom is -0.419 e. The monoisotopic (exact) mass is 257 g/mol. The lowest BCUT2D eigenvalue weighted by atomic mass is 10.1. The Hall–Kier alpha value is -2.32. The predicted molar refractivity (Wildman–Crippen MR) is 71.8 cm³/mol. The first-order valence-electron chi connectivity index (χ1n) is 5.96. The molecule has 0 bridgehead atoms. The van der Waals surface area contributed by atoms with Crippen molar-refractivity contribution < 1.29 is 9.15 Å². The molecule has 0 atom stereocenters. The third-order valence-electron chi connectivity index (χ3n) is 2.70. The number of nitrogens with one attached hydrogen (secondary N) is 1. The Morgan fingerprint density at radius 3 is 2.89 bits per heavy atom. The van der Waals surface area contributed by atoms with E-state index in [-0.39, 0.29) is 5.69 Å². The van der Waals surface area contributed by atoms with Crippen LogP contribution in [0.1, 0.15) is 11.3 Å². The molecule has 0 aliphatic heterocycles. The molecule has 0 fully saturated rings. The molecule has 0 aliphatic carbocycles. The third-order valence-corrected chi connectivity index (χ3v) is 2.70. The van der Waals surface area contributed by atoms with Crippen LogP contribution in [-0.4, -0.2) is 25.2 Å². The molecule has 0 radical (unpaired) electrons. The van der Waals surface area contributed by atoms with Gasteiger partial charge in [0, 0.05) is 19.2 Å². The van der Waals surface area contributed by atoms with E-state index in [0.29, 0.717) is 24.9 Å². The van der Waals surface area contributed by atoms with Gasteiger partial charge in [0.05, 0.1) is 6.61 Å². The van der Waals surface area contributed by atoms with Crippen LogP contribution in [0.15, 0.2) is 28.7 Å². The Bertz CT molecular complexity index is 599. The molecule has 1 heterocycles. The number of methoxy groups -OCH3 is 1. The summed E-state index contributed by atoms with van der Waals surface area (Å²) >= 11 is 0. The van der Waals surface area contributed by atoms with Crippen molar-refractivity contribution in [3.05, 3.63) is 35.5 Å². The standard InChI is InChI=1S/C14H15N3O2/c1-10-5-3-4-6-11(10)13-17-12(9-15)14(19-13)16-7-8-18-2/h3-6,16H,7-8H2,1-2H3. The number of rotatable bonds is 5. The summed E-state index contributed by atoms with van der Waals surface area (Å²) in [6.45, 7) is 3.07. The average molecular weight is 257 g/mol. The second kappa shape index (κ2) is 6.03. The molecule has 98 valence electrons. The van der Waals surface area contributed by atoms with Crippen LogP contribution in [0.4, 0.5) is 5.88 Å². The SMILES string of the molecule is COCCNc1oc(-c2ccccc2C)nc1C#N. The summed E-state index contributed by atoms with van der Waals surface area (Å²) in [6.07, 6.45) is 0. The van der Waals surface area contributed by atoms with Gasteiger partial charge in [-0.3, -0.25) is 0 Å². The molecule has 1 N–H and O–H groups in total. The first kappa shape index (κ1) is 13.1. The lowest BCUT2D eigenvalue weighted by Crippen LogP contribution is -2.07. The molecule has 0 saturated heterocycles. The smallest absolute Gasteiger partial charge is 0.232 e. The van der Waals surface area contributed by atoms with Gasteiger partial charge < -0.3 is 14.5 Å². The Morgan fingerprint density at radius 1 is 1.42 bits per heavy atom. The fourth-order valence-electron chi connectivity index (χ4n) is 1.71. The topological polar surface area (TPSA) is 71.1 Å². The van der Waals surface area contributed by atoms with Gasteiger partial charge in [0.1, 0.15) is 6.07 Å². The largest absolute Gasteiger partial charge is 0.419 e. The summed E-state index contributed by atoms with van der Waals surface area (Å²) in [5, 5.41) is 12.1. The lowest BCUT2D eigenvalue weighted by Gasteiger charge is -2.01. The predicted octanol–water partition coefficient (Wildman–Crippen LogP) is 2.58. The van der Waals surface area contributed by atoms with E-state index in [1.165, 1.54) is 0 Å². The minimum absolute atomic E-state index is 0.259. The van der Waals surface area contributed by atoms with Crippen LogP contribution in [-0.2, 0) is 4.74 Å². The van der Waals surface area contributed by atoms with Crippen LogP contribution in [0.25, 0.3) is 11.5 Å². The van der Waals surface area contributed by atoms with Gasteiger partial charge in [-0.05, 0) is 18.6 Å². The third kappa shape index (κ3) is 2.92. The van der Waals surface area contributed by atoms with Gasteiger partial charge in [0.15, 0.2) is 0 Å². The van der Waals surface area contributed by atoms with E-state index in [4.69, 9.17) is 14.4 Å². The Balaban J connectivity index is 2.29. The summed E-state index contributed by atoms with van der Waals surface area (Å²) in [6, 6.07) is 9.78. The first-order valence-corrected chi connectivity index (χ1v) is 5.96. The fraction of sp³-hybridized carbons (Fsp3) is 0.286. The maximum absolute atomic E-state index is 9.06. The highest BCUT2D eigenvalue weighted by Gasteiger charge is 2.15. The average Bonchev–Trinajstić information content (AvgIpc) is 2.83. The molecule has 5 nitrogen and oxygen atoms in total. The number of ether oxygens (including phenoxy) is 1. The number of anilines is 1. The van der Waals surface area contributed by atoms with Crippen molar-refractivity contribution >= 4 is 5.88 Å². The van der Waals surface area contributed by atoms with Crippen LogP contribution in [0, 0.1) is 18.3 Å². The second-order valence-corrected chi connectivity index (χ2v) is 4.04. The van der Waals surface area contributed by atoms with Crippen LogP contribution in [0.3, 0.4) is 0 Å². The molecule has 2 rings (SSSR count). The van der Waals surface area contributed by atoms with Gasteiger partial charge in [-0.25, -0.2) is 0 Å². The second-order valence-electron chi connectivity index (χ2n) is 4.04. The zero-order chi connectivity index (χ0) is 13.7. The Labute approximate surface area is 111 Å². The molecule has 0 amide bonds. The molecule has 2 aromatic rings. The van der Waals surface area contributed by atoms with E-state index in [9.17, 15) is 0 Å². The number of benzene rings is 1. The molecular weight excluding hydrogens is 242 g/mol. The molecule has 0 saturated carbocycles. The van der Waals surface area contributed by atoms with Gasteiger partial charge in [0.2, 0.25) is 17.5 Å². The number of aryl methyl sites for hydroxylation is 1. The summed E-state index contributed by atoms with van der Waals surface area (Å²) in [4.78, 5) is 4.21. The molecule has 1 aromatic carbocycles. The van der Waals surface area contributed by atoms with E-state index in [0.717, 1.165) is 11.1 Å². The van der Waals surface area contributed by atoms with Gasteiger partial charge in [0.25, 0.3) is 0 Å². The van der Waals surface area contributed by atoms with Crippen LogP contribution in [0.2, 0.25) is 0 Å². The van der Waals surface area contributed by atoms with E-state index in [1.54, 1.807) is 7.11 Å². The van der Waals surface area contributed by atoms with E-state index >= 15 is 0 Å². The molecule has 1 aromatic heterocycles. The summed E-state index contributed by atoms with van der Waals surface area (Å²) < 4.78 is 10.6. The van der Waals surface area contributed by atoms with Crippen molar-refractivity contribution in [3.63, 3.8) is 0 Å². The summed E-state index contributed by atoms with van der Waals surface area (Å²) in [5.74, 6) is 0.840. The lowest BCUT2D eigenvalue weighted by molar-refractivity contribution is 0.210. The van der Waals surface area contributed by atoms with Crippen LogP contribution < -0.4 is 5.32 Å². The van der Waals surface area contributed by atoms with Crippen molar-refractivity contribution in [2.75, 3.05) is 25.6 Å². The van der Waals surface area contributed by atoms with Gasteiger partial charge in [-0.15, -0.1) is 0 Å². The quantitative estimate of drug-likeness (QED) is 0.833. The van der Waals surface area contributed by atoms with E-state index in [1.807, 2.05) is 37.3 Å². The van der Waals surface area contributed by atoms with Gasteiger partial charge >= 0.3 is 0 Å². The van der Waals surface area contributed by atoms with Gasteiger partial charge in [-0.1, -0.05) is 18.2 Å². The number of nitrogens with zero attached hydrogens (tertiary/aromatic N) is 2. The van der Waals surface area contributed by atoms with Crippen molar-refractivity contribution in [1.82, 2.24) is 4.98 Å². The highest BCUT2D eigenvalue weighted by molar-refractivity contribution is 5.62. The van der Waals surface area contributed by atoms with Gasteiger partial charge in [-0.2, -0.15) is 10.2 Å². The highest BCUT2D eigenvalue weighted by atomic mass is 16.5. The Kier molecular flexibility index (Phi) is 4.16. The van der Waals surface area contributed by atoms with E-state index < -0.39 is 0 Å². The fourth-order valence-corrected chi connectivity index (χ4v) is 1.71. The summed E-state index contributed by atoms with van der Waals surface area (Å²) in [7, 11) is 1.62. The first-order chi connectivity index (χ1) is 9.26. The molecule has 0 spiro atoms. The van der Waals surface area contributed by atoms with Crippen LogP contribution >= 0.6 is 0 Å². The van der Waals surface area contributed by atoms with E-state index in [2.05, 4.69) is 10.3 Å². The zero-order valence-corrected chi connectivity index (χ0v) is 10.9. The maximum Gasteiger partial charge on any atom is 0.232 e. The van der Waals surface area contributed by atoms with Crippen molar-refractivity contribution in [2.45, 2.75) is 6.92 Å². The number of hydrogen-bond acceptors (Lipinski definition) is 5. The molecule has 0 aliphatic rings. The minimum atomic E-state index is 0.259. The molecule has 0 unspecified atom stereocenters. The normalized spacial score (nSPS) is 10.2. The van der Waals surface area contributed by atoms with Crippen molar-refractivity contribution in [1.29, 1.82) is 5.26 Å². The number of hydrogen-bond donors (Lipinski definition) is 1. The maximum atomic E-state index is 9.06. The molecule has 5 heteroatoms. The Morgan fingerprint density at radius 2 is 2.21 bits per heavy atom. The van der Waals surface area contributed by atoms with Crippen molar-refractivity contribution in [2.24, 2.45) is 0 Å². The number of oxazole rings is 1. The van der Waals surface area contributed by atoms with Crippen LogP contribution in [0.5, 0.6) is 0 Å². The van der Waals surface area contributed by atoms with Crippen molar-refractivity contribution in [3.8, 4) is 17.5 Å².